The number of aliphatic hydroxyl groups excluding tert-OH is 1. The van der Waals surface area contributed by atoms with Crippen molar-refractivity contribution in [2.75, 3.05) is 13.2 Å². The fourth-order valence-corrected chi connectivity index (χ4v) is 2.08. The Bertz CT molecular complexity index is 696. The Morgan fingerprint density at radius 3 is 1.29 bits per heavy atom. The first-order valence-corrected chi connectivity index (χ1v) is 8.39. The Kier molecular flexibility index (Phi) is 9.27. The van der Waals surface area contributed by atoms with Crippen molar-refractivity contribution in [1.29, 1.82) is 0 Å². The van der Waals surface area contributed by atoms with E-state index in [2.05, 4.69) is 4.74 Å². The predicted octanol–water partition coefficient (Wildman–Crippen LogP) is 7.25. The van der Waals surface area contributed by atoms with E-state index in [4.69, 9.17) is 5.11 Å². The van der Waals surface area contributed by atoms with E-state index in [0.29, 0.717) is 6.26 Å². The van der Waals surface area contributed by atoms with Crippen LogP contribution >= 0.6 is 0 Å². The minimum absolute atomic E-state index is 0.0841. The van der Waals surface area contributed by atoms with Gasteiger partial charge in [-0.05, 0) is 18.9 Å². The van der Waals surface area contributed by atoms with Gasteiger partial charge in [0.1, 0.15) is 0 Å². The lowest BCUT2D eigenvalue weighted by Gasteiger charge is -2.42. The molecule has 0 amide bonds. The molecule has 0 fully saturated rings. The zero-order chi connectivity index (χ0) is 27.7. The van der Waals surface area contributed by atoms with Crippen LogP contribution < -0.4 is 0 Å². The highest BCUT2D eigenvalue weighted by molar-refractivity contribution is 5.15. The van der Waals surface area contributed by atoms with Crippen molar-refractivity contribution in [3.63, 3.8) is 0 Å². The molecule has 0 unspecified atom stereocenters. The zero-order valence-corrected chi connectivity index (χ0v) is 16.0. The molecule has 0 bridgehead atoms. The Labute approximate surface area is 178 Å². The highest BCUT2D eigenvalue weighted by atomic mass is 19.4. The molecule has 1 N–H and O–H groups in total. The van der Waals surface area contributed by atoms with E-state index in [0.717, 1.165) is 6.08 Å². The molecular weight excluding hydrogens is 535 g/mol. The Morgan fingerprint density at radius 2 is 0.912 bits per heavy atom. The van der Waals surface area contributed by atoms with Gasteiger partial charge in [-0.25, -0.2) is 0 Å². The highest BCUT2D eigenvalue weighted by Crippen LogP contribution is 2.64. The van der Waals surface area contributed by atoms with Crippen molar-refractivity contribution in [2.24, 2.45) is 0 Å². The van der Waals surface area contributed by atoms with Gasteiger partial charge in [0.15, 0.2) is 0 Å². The van der Waals surface area contributed by atoms with Gasteiger partial charge in [0.25, 0.3) is 0 Å². The molecule has 0 aliphatic rings. The lowest BCUT2D eigenvalue weighted by molar-refractivity contribution is -0.461. The summed E-state index contributed by atoms with van der Waals surface area (Å²) in [5.74, 6) is -56.2. The van der Waals surface area contributed by atoms with Gasteiger partial charge in [-0.2, -0.15) is 74.6 Å². The maximum absolute atomic E-state index is 13.6. The molecule has 0 spiro atoms. The third-order valence-electron chi connectivity index (χ3n) is 4.10. The fraction of sp³-hybridized carbons (Fsp3) is 0.867. The summed E-state index contributed by atoms with van der Waals surface area (Å²) in [7, 11) is 0. The molecule has 0 aromatic heterocycles. The number of hydrogen-bond donors (Lipinski definition) is 1. The monoisotopic (exact) mass is 548 g/mol. The lowest BCUT2D eigenvalue weighted by atomic mass is 9.88. The summed E-state index contributed by atoms with van der Waals surface area (Å²) < 4.78 is 226. The second-order valence-electron chi connectivity index (χ2n) is 6.54. The normalized spacial score (nSPS) is 15.9. The molecule has 2 nitrogen and oxygen atoms in total. The van der Waals surface area contributed by atoms with Crippen LogP contribution in [0.5, 0.6) is 0 Å². The van der Waals surface area contributed by atoms with Gasteiger partial charge in [-0.1, -0.05) is 0 Å². The molecule has 0 saturated carbocycles. The third kappa shape index (κ3) is 5.12. The molecule has 0 aromatic rings. The molecule has 0 aliphatic heterocycles. The van der Waals surface area contributed by atoms with Crippen LogP contribution in [0.4, 0.5) is 74.6 Å². The average molecular weight is 548 g/mol. The van der Waals surface area contributed by atoms with Crippen LogP contribution in [0.3, 0.4) is 0 Å². The molecule has 204 valence electrons. The fourth-order valence-electron chi connectivity index (χ4n) is 2.08. The van der Waals surface area contributed by atoms with Crippen molar-refractivity contribution >= 4 is 0 Å². The van der Waals surface area contributed by atoms with Crippen LogP contribution in [-0.4, -0.2) is 66.0 Å². The van der Waals surface area contributed by atoms with Gasteiger partial charge < -0.3 is 9.84 Å². The van der Waals surface area contributed by atoms with E-state index in [9.17, 15) is 74.6 Å². The molecule has 34 heavy (non-hydrogen) atoms. The molecule has 19 heteroatoms. The second kappa shape index (κ2) is 9.75. The molecule has 0 rings (SSSR count). The Morgan fingerprint density at radius 1 is 0.529 bits per heavy atom. The molecule has 0 atom stereocenters. The Balaban J connectivity index is 6.02. The second-order valence-corrected chi connectivity index (χ2v) is 6.54. The average Bonchev–Trinajstić information content (AvgIpc) is 2.65. The van der Waals surface area contributed by atoms with E-state index < -0.39 is 67.1 Å². The van der Waals surface area contributed by atoms with Gasteiger partial charge in [-0.3, -0.25) is 0 Å². The van der Waals surface area contributed by atoms with Crippen LogP contribution in [0.2, 0.25) is 0 Å². The summed E-state index contributed by atoms with van der Waals surface area (Å²) in [6.07, 6.45) is -10.2. The van der Waals surface area contributed by atoms with Gasteiger partial charge in [0, 0.05) is 13.0 Å². The molecule has 0 saturated heterocycles. The molecule has 0 heterocycles. The molecule has 0 aromatic carbocycles. The van der Waals surface area contributed by atoms with Crippen LogP contribution in [0.1, 0.15) is 19.3 Å². The molecule has 0 radical (unpaired) electrons. The highest BCUT2D eigenvalue weighted by Gasteiger charge is 2.95. The molecule has 0 aliphatic carbocycles. The summed E-state index contributed by atoms with van der Waals surface area (Å²) in [5.41, 5.74) is 0. The summed E-state index contributed by atoms with van der Waals surface area (Å²) in [6, 6.07) is 0. The maximum Gasteiger partial charge on any atom is 0.460 e. The number of aliphatic hydroxyl groups is 1. The van der Waals surface area contributed by atoms with Crippen LogP contribution in [0.25, 0.3) is 0 Å². The minimum atomic E-state index is -8.62. The Hall–Kier alpha value is -1.69. The number of halogens is 17. The standard InChI is InChI=1S/C15H13F17O2/c16-8(17,4-3-7-34-6-2-1-5-33)9(18,19)10(20,21)11(22,23)12(24,25)13(26,27)14(28,29)15(30,31)32/h1,5,33H,2-4,6-7H2. The largest absolute Gasteiger partial charge is 0.516 e. The smallest absolute Gasteiger partial charge is 0.460 e. The molecular formula is C15H13F17O2. The van der Waals surface area contributed by atoms with Gasteiger partial charge in [0.2, 0.25) is 0 Å². The quantitative estimate of drug-likeness (QED) is 0.149. The van der Waals surface area contributed by atoms with E-state index in [1.165, 1.54) is 0 Å². The van der Waals surface area contributed by atoms with Gasteiger partial charge in [0.05, 0.1) is 12.9 Å². The van der Waals surface area contributed by atoms with Crippen LogP contribution in [-0.2, 0) is 4.74 Å². The third-order valence-corrected chi connectivity index (χ3v) is 4.10. The number of hydrogen-bond acceptors (Lipinski definition) is 2. The van der Waals surface area contributed by atoms with Crippen molar-refractivity contribution in [3.05, 3.63) is 12.3 Å². The van der Waals surface area contributed by atoms with Crippen LogP contribution in [0.15, 0.2) is 12.3 Å². The van der Waals surface area contributed by atoms with Crippen LogP contribution in [0, 0.1) is 0 Å². The summed E-state index contributed by atoms with van der Waals surface area (Å²) >= 11 is 0. The van der Waals surface area contributed by atoms with Crippen molar-refractivity contribution in [3.8, 4) is 0 Å². The van der Waals surface area contributed by atoms with E-state index in [-0.39, 0.29) is 13.0 Å². The van der Waals surface area contributed by atoms with E-state index in [1.54, 1.807) is 0 Å². The minimum Gasteiger partial charge on any atom is -0.516 e. The van der Waals surface area contributed by atoms with Crippen molar-refractivity contribution in [1.82, 2.24) is 0 Å². The first-order chi connectivity index (χ1) is 14.8. The predicted molar refractivity (Wildman–Crippen MR) is 77.1 cm³/mol. The first kappa shape index (κ1) is 32.3. The SMILES string of the molecule is OC=CCCOCCCC(F)(F)C(F)(F)C(F)(F)C(F)(F)C(F)(F)C(F)(F)C(F)(F)C(F)(F)F. The number of ether oxygens (including phenoxy) is 1. The number of alkyl halides is 17. The van der Waals surface area contributed by atoms with Crippen molar-refractivity contribution in [2.45, 2.75) is 66.9 Å². The maximum atomic E-state index is 13.6. The summed E-state index contributed by atoms with van der Waals surface area (Å²) in [6.45, 7) is -1.33. The zero-order valence-electron chi connectivity index (χ0n) is 16.0. The summed E-state index contributed by atoms with van der Waals surface area (Å²) in [5, 5.41) is 8.25. The number of rotatable bonds is 13. The van der Waals surface area contributed by atoms with E-state index >= 15 is 0 Å². The lowest BCUT2D eigenvalue weighted by Crippen LogP contribution is -2.74. The van der Waals surface area contributed by atoms with Crippen molar-refractivity contribution < 1.29 is 84.5 Å². The van der Waals surface area contributed by atoms with Gasteiger partial charge in [-0.15, -0.1) is 0 Å². The topological polar surface area (TPSA) is 29.5 Å². The summed E-state index contributed by atoms with van der Waals surface area (Å²) in [4.78, 5) is 0. The van der Waals surface area contributed by atoms with Gasteiger partial charge >= 0.3 is 47.6 Å². The first-order valence-electron chi connectivity index (χ1n) is 8.39. The van der Waals surface area contributed by atoms with E-state index in [1.807, 2.05) is 0 Å².